The minimum Gasteiger partial charge on any atom is -0.307 e. The Hall–Kier alpha value is -1.84. The van der Waals surface area contributed by atoms with E-state index in [2.05, 4.69) is 15.8 Å². The zero-order valence-electron chi connectivity index (χ0n) is 12.1. The Balaban J connectivity index is 1.40. The van der Waals surface area contributed by atoms with Gasteiger partial charge in [-0.25, -0.2) is 10.2 Å². The van der Waals surface area contributed by atoms with Crippen molar-refractivity contribution in [2.75, 3.05) is 5.32 Å². The summed E-state index contributed by atoms with van der Waals surface area (Å²) in [6.07, 6.45) is 6.57. The van der Waals surface area contributed by atoms with E-state index < -0.39 is 0 Å². The number of nitrogens with one attached hydrogen (secondary N) is 2. The normalized spacial score (nSPS) is 32.9. The van der Waals surface area contributed by atoms with Crippen molar-refractivity contribution in [1.29, 1.82) is 0 Å². The summed E-state index contributed by atoms with van der Waals surface area (Å²) in [5.74, 6) is 3.09. The van der Waals surface area contributed by atoms with Gasteiger partial charge in [-0.3, -0.25) is 0 Å². The van der Waals surface area contributed by atoms with Gasteiger partial charge >= 0.3 is 6.03 Å². The van der Waals surface area contributed by atoms with Gasteiger partial charge in [0.25, 0.3) is 0 Å². The molecule has 4 bridgehead atoms. The Morgan fingerprint density at radius 3 is 2.19 bits per heavy atom. The van der Waals surface area contributed by atoms with E-state index in [1.165, 1.54) is 37.8 Å². The summed E-state index contributed by atoms with van der Waals surface area (Å²) in [7, 11) is 0. The molecule has 4 fully saturated rings. The number of nitrogens with zero attached hydrogens (tertiary/aromatic N) is 1. The topological polar surface area (TPSA) is 53.5 Å². The number of urea groups is 1. The minimum absolute atomic E-state index is 0.248. The van der Waals surface area contributed by atoms with Crippen LogP contribution in [0.25, 0.3) is 0 Å². The van der Waals surface area contributed by atoms with Crippen LogP contribution in [0, 0.1) is 23.7 Å². The van der Waals surface area contributed by atoms with Crippen LogP contribution in [-0.4, -0.2) is 11.7 Å². The van der Waals surface area contributed by atoms with Gasteiger partial charge in [-0.2, -0.15) is 5.10 Å². The molecule has 0 unspecified atom stereocenters. The van der Waals surface area contributed by atoms with Gasteiger partial charge in [0.1, 0.15) is 0 Å². The second kappa shape index (κ2) is 5.17. The fourth-order valence-electron chi connectivity index (χ4n) is 4.65. The van der Waals surface area contributed by atoms with Crippen LogP contribution in [0.5, 0.6) is 0 Å². The Morgan fingerprint density at radius 2 is 1.57 bits per heavy atom. The molecule has 1 aromatic carbocycles. The van der Waals surface area contributed by atoms with Crippen LogP contribution in [0.4, 0.5) is 10.5 Å². The number of amides is 2. The SMILES string of the molecule is O=C(NN=C1C2CC3CC(C2)CC1C3)Nc1ccccc1. The zero-order chi connectivity index (χ0) is 14.2. The van der Waals surface area contributed by atoms with Gasteiger partial charge in [-0.1, -0.05) is 18.2 Å². The molecule has 0 aromatic heterocycles. The van der Waals surface area contributed by atoms with Gasteiger partial charge in [-0.15, -0.1) is 0 Å². The summed E-state index contributed by atoms with van der Waals surface area (Å²) in [6.45, 7) is 0. The zero-order valence-corrected chi connectivity index (χ0v) is 12.1. The predicted molar refractivity (Wildman–Crippen MR) is 83.1 cm³/mol. The molecule has 0 radical (unpaired) electrons. The van der Waals surface area contributed by atoms with Crippen LogP contribution in [0.3, 0.4) is 0 Å². The van der Waals surface area contributed by atoms with Crippen LogP contribution < -0.4 is 10.7 Å². The van der Waals surface area contributed by atoms with Crippen molar-refractivity contribution in [3.8, 4) is 0 Å². The van der Waals surface area contributed by atoms with E-state index in [0.717, 1.165) is 17.5 Å². The summed E-state index contributed by atoms with van der Waals surface area (Å²) >= 11 is 0. The highest BCUT2D eigenvalue weighted by atomic mass is 16.2. The van der Waals surface area contributed by atoms with Gasteiger partial charge in [0.05, 0.1) is 0 Å². The third kappa shape index (κ3) is 2.55. The number of hydrogen-bond donors (Lipinski definition) is 2. The number of rotatable bonds is 2. The van der Waals surface area contributed by atoms with E-state index in [-0.39, 0.29) is 6.03 Å². The smallest absolute Gasteiger partial charge is 0.307 e. The molecule has 4 aliphatic carbocycles. The number of para-hydroxylation sites is 1. The second-order valence-corrected chi connectivity index (χ2v) is 6.77. The summed E-state index contributed by atoms with van der Waals surface area (Å²) in [5, 5.41) is 7.28. The lowest BCUT2D eigenvalue weighted by Gasteiger charge is -2.50. The van der Waals surface area contributed by atoms with E-state index in [1.54, 1.807) is 0 Å². The Kier molecular flexibility index (Phi) is 3.17. The Morgan fingerprint density at radius 1 is 0.952 bits per heavy atom. The maximum absolute atomic E-state index is 11.9. The van der Waals surface area contributed by atoms with Gasteiger partial charge in [0, 0.05) is 11.4 Å². The highest BCUT2D eigenvalue weighted by Gasteiger charge is 2.46. The predicted octanol–water partition coefficient (Wildman–Crippen LogP) is 3.62. The van der Waals surface area contributed by atoms with Crippen LogP contribution in [0.1, 0.15) is 32.1 Å². The van der Waals surface area contributed by atoms with Gasteiger partial charge in [-0.05, 0) is 67.9 Å². The van der Waals surface area contributed by atoms with Crippen molar-refractivity contribution < 1.29 is 4.79 Å². The lowest BCUT2D eigenvalue weighted by Crippen LogP contribution is -2.46. The molecule has 4 aliphatic rings. The molecule has 1 aromatic rings. The number of carbonyl (C=O) groups excluding carboxylic acids is 1. The van der Waals surface area contributed by atoms with E-state index in [0.29, 0.717) is 11.8 Å². The fraction of sp³-hybridized carbons (Fsp3) is 0.529. The second-order valence-electron chi connectivity index (χ2n) is 6.77. The molecule has 0 heterocycles. The van der Waals surface area contributed by atoms with Crippen molar-refractivity contribution in [1.82, 2.24) is 5.43 Å². The van der Waals surface area contributed by atoms with E-state index >= 15 is 0 Å². The molecule has 2 amide bonds. The third-order valence-corrected chi connectivity index (χ3v) is 5.29. The van der Waals surface area contributed by atoms with Crippen LogP contribution >= 0.6 is 0 Å². The van der Waals surface area contributed by atoms with Gasteiger partial charge in [0.15, 0.2) is 0 Å². The largest absolute Gasteiger partial charge is 0.339 e. The molecular weight excluding hydrogens is 262 g/mol. The standard InChI is InChI=1S/C17H21N3O/c21-17(18-15-4-2-1-3-5-15)20-19-16-13-7-11-6-12(9-13)10-14(16)8-11/h1-5,11-14H,6-10H2,(H2,18,20,21). The maximum atomic E-state index is 11.9. The van der Waals surface area contributed by atoms with E-state index in [1.807, 2.05) is 30.3 Å². The monoisotopic (exact) mass is 283 g/mol. The van der Waals surface area contributed by atoms with Crippen LogP contribution in [0.15, 0.2) is 35.4 Å². The maximum Gasteiger partial charge on any atom is 0.339 e. The molecule has 0 atom stereocenters. The quantitative estimate of drug-likeness (QED) is 0.800. The third-order valence-electron chi connectivity index (χ3n) is 5.29. The molecule has 110 valence electrons. The lowest BCUT2D eigenvalue weighted by atomic mass is 9.55. The van der Waals surface area contributed by atoms with Gasteiger partial charge < -0.3 is 5.32 Å². The van der Waals surface area contributed by atoms with Gasteiger partial charge in [0.2, 0.25) is 0 Å². The number of hydrazone groups is 1. The van der Waals surface area contributed by atoms with Crippen molar-refractivity contribution in [2.24, 2.45) is 28.8 Å². The first-order valence-electron chi connectivity index (χ1n) is 7.97. The summed E-state index contributed by atoms with van der Waals surface area (Å²) < 4.78 is 0. The summed E-state index contributed by atoms with van der Waals surface area (Å²) in [5.41, 5.74) is 4.74. The number of benzene rings is 1. The molecule has 0 saturated heterocycles. The van der Waals surface area contributed by atoms with Crippen LogP contribution in [0.2, 0.25) is 0 Å². The number of carbonyl (C=O) groups is 1. The molecule has 0 aliphatic heterocycles. The minimum atomic E-state index is -0.248. The van der Waals surface area contributed by atoms with Crippen molar-refractivity contribution >= 4 is 17.4 Å². The van der Waals surface area contributed by atoms with Crippen LogP contribution in [-0.2, 0) is 0 Å². The summed E-state index contributed by atoms with van der Waals surface area (Å²) in [6, 6.07) is 9.23. The lowest BCUT2D eigenvalue weighted by molar-refractivity contribution is 0.108. The molecule has 4 nitrogen and oxygen atoms in total. The average Bonchev–Trinajstić information content (AvgIpc) is 2.47. The summed E-state index contributed by atoms with van der Waals surface area (Å²) in [4.78, 5) is 11.9. The molecule has 5 rings (SSSR count). The Bertz CT molecular complexity index is 537. The first kappa shape index (κ1) is 12.9. The molecule has 2 N–H and O–H groups in total. The average molecular weight is 283 g/mol. The molecular formula is C17H21N3O. The highest BCUT2D eigenvalue weighted by Crippen LogP contribution is 2.52. The number of anilines is 1. The molecule has 0 spiro atoms. The van der Waals surface area contributed by atoms with Crippen molar-refractivity contribution in [3.63, 3.8) is 0 Å². The van der Waals surface area contributed by atoms with Crippen molar-refractivity contribution in [3.05, 3.63) is 30.3 Å². The molecule has 4 saturated carbocycles. The first-order valence-corrected chi connectivity index (χ1v) is 7.97. The van der Waals surface area contributed by atoms with E-state index in [4.69, 9.17) is 0 Å². The highest BCUT2D eigenvalue weighted by molar-refractivity contribution is 5.94. The number of hydrogen-bond acceptors (Lipinski definition) is 2. The molecule has 21 heavy (non-hydrogen) atoms. The Labute approximate surface area is 125 Å². The molecule has 4 heteroatoms. The fourth-order valence-corrected chi connectivity index (χ4v) is 4.65. The first-order chi connectivity index (χ1) is 10.3. The van der Waals surface area contributed by atoms with Crippen molar-refractivity contribution in [2.45, 2.75) is 32.1 Å². The van der Waals surface area contributed by atoms with E-state index in [9.17, 15) is 4.79 Å².